The maximum atomic E-state index is 14.8. The quantitative estimate of drug-likeness (QED) is 0.242. The molecule has 39 heavy (non-hydrogen) atoms. The largest absolute Gasteiger partial charge is 0.461 e. The molecule has 0 bridgehead atoms. The Bertz CT molecular complexity index is 1300. The molecule has 1 fully saturated rings. The first-order chi connectivity index (χ1) is 18.5. The van der Waals surface area contributed by atoms with Gasteiger partial charge in [-0.3, -0.25) is 0 Å². The highest BCUT2D eigenvalue weighted by Crippen LogP contribution is 2.38. The molecule has 0 unspecified atom stereocenters. The molecule has 3 aromatic rings. The number of ether oxygens (including phenoxy) is 1. The fourth-order valence-corrected chi connectivity index (χ4v) is 4.57. The molecule has 1 atom stereocenters. The van der Waals surface area contributed by atoms with Crippen molar-refractivity contribution in [3.8, 4) is 5.75 Å². The van der Waals surface area contributed by atoms with E-state index in [2.05, 4.69) is 15.4 Å². The van der Waals surface area contributed by atoms with Gasteiger partial charge < -0.3 is 20.2 Å². The van der Waals surface area contributed by atoms with Crippen LogP contribution in [0.2, 0.25) is 0 Å². The molecule has 3 aromatic carbocycles. The van der Waals surface area contributed by atoms with Crippen molar-refractivity contribution >= 4 is 12.3 Å². The summed E-state index contributed by atoms with van der Waals surface area (Å²) in [6.07, 6.45) is -7.54. The summed E-state index contributed by atoms with van der Waals surface area (Å²) in [4.78, 5) is 24.2. The fraction of sp³-hybridized carbons (Fsp3) is 0.286. The SMILES string of the molecule is O=CC1CC(NC(=O)N[C@](Cc2ccccc2)(c2ccc(F)cc2)c2cc(F)cc(OC(F)(F)C(F)F)c2)C1. The minimum Gasteiger partial charge on any atom is -0.428 e. The third-order valence-corrected chi connectivity index (χ3v) is 6.55. The van der Waals surface area contributed by atoms with Crippen molar-refractivity contribution in [3.05, 3.63) is 101 Å². The van der Waals surface area contributed by atoms with Gasteiger partial charge in [0.2, 0.25) is 0 Å². The lowest BCUT2D eigenvalue weighted by atomic mass is 9.77. The molecule has 0 heterocycles. The topological polar surface area (TPSA) is 67.4 Å². The van der Waals surface area contributed by atoms with Crippen molar-refractivity contribution in [2.75, 3.05) is 0 Å². The average molecular weight is 550 g/mol. The Morgan fingerprint density at radius 2 is 1.62 bits per heavy atom. The average Bonchev–Trinajstić information content (AvgIpc) is 2.86. The second-order valence-corrected chi connectivity index (χ2v) is 9.38. The van der Waals surface area contributed by atoms with Crippen LogP contribution in [0.3, 0.4) is 0 Å². The molecule has 1 aliphatic rings. The monoisotopic (exact) mass is 550 g/mol. The number of hydrogen-bond donors (Lipinski definition) is 2. The molecule has 0 saturated heterocycles. The summed E-state index contributed by atoms with van der Waals surface area (Å²) in [6, 6.07) is 14.8. The minimum atomic E-state index is -4.91. The normalized spacial score (nSPS) is 18.5. The zero-order chi connectivity index (χ0) is 28.2. The summed E-state index contributed by atoms with van der Waals surface area (Å²) in [5.41, 5.74) is -0.948. The van der Waals surface area contributed by atoms with Gasteiger partial charge in [-0.05, 0) is 53.8 Å². The first-order valence-electron chi connectivity index (χ1n) is 12.0. The summed E-state index contributed by atoms with van der Waals surface area (Å²) in [5, 5.41) is 5.51. The van der Waals surface area contributed by atoms with Crippen molar-refractivity contribution in [3.63, 3.8) is 0 Å². The van der Waals surface area contributed by atoms with E-state index in [4.69, 9.17) is 0 Å². The third kappa shape index (κ3) is 6.52. The lowest BCUT2D eigenvalue weighted by Gasteiger charge is -2.39. The van der Waals surface area contributed by atoms with E-state index >= 15 is 0 Å². The molecule has 5 nitrogen and oxygen atoms in total. The van der Waals surface area contributed by atoms with Crippen LogP contribution in [0.4, 0.5) is 31.1 Å². The molecule has 0 spiro atoms. The van der Waals surface area contributed by atoms with E-state index in [0.29, 0.717) is 24.5 Å². The van der Waals surface area contributed by atoms with E-state index < -0.39 is 41.5 Å². The van der Waals surface area contributed by atoms with Crippen LogP contribution in [-0.2, 0) is 16.8 Å². The molecule has 0 aliphatic heterocycles. The number of alkyl halides is 4. The van der Waals surface area contributed by atoms with Crippen LogP contribution in [0.5, 0.6) is 5.75 Å². The van der Waals surface area contributed by atoms with E-state index in [-0.39, 0.29) is 29.5 Å². The highest BCUT2D eigenvalue weighted by atomic mass is 19.3. The zero-order valence-electron chi connectivity index (χ0n) is 20.4. The van der Waals surface area contributed by atoms with Crippen molar-refractivity contribution in [1.82, 2.24) is 10.6 Å². The molecule has 0 radical (unpaired) electrons. The molecule has 206 valence electrons. The summed E-state index contributed by atoms with van der Waals surface area (Å²) in [7, 11) is 0. The second kappa shape index (κ2) is 11.4. The standard InChI is InChI=1S/C28H24F6N2O3/c29-21-8-6-19(7-9-21)27(15-17-4-2-1-3-5-17,36-26(38)35-23-10-18(11-23)16-37)20-12-22(30)14-24(13-20)39-28(33,34)25(31)32/h1-9,12-14,16,18,23,25H,10-11,15H2,(H2,35,36,38)/t18?,23?,27-/m1/s1. The van der Waals surface area contributed by atoms with Crippen molar-refractivity contribution in [2.24, 2.45) is 5.92 Å². The van der Waals surface area contributed by atoms with Crippen LogP contribution in [0.25, 0.3) is 0 Å². The first-order valence-corrected chi connectivity index (χ1v) is 12.0. The number of nitrogens with one attached hydrogen (secondary N) is 2. The van der Waals surface area contributed by atoms with Gasteiger partial charge in [0, 0.05) is 24.4 Å². The molecule has 2 amide bonds. The highest BCUT2D eigenvalue weighted by molar-refractivity contribution is 5.77. The van der Waals surface area contributed by atoms with Gasteiger partial charge >= 0.3 is 18.6 Å². The lowest BCUT2D eigenvalue weighted by Crippen LogP contribution is -2.56. The first kappa shape index (κ1) is 28.0. The number of carbonyl (C=O) groups is 2. The van der Waals surface area contributed by atoms with Gasteiger partial charge in [0.15, 0.2) is 0 Å². The maximum absolute atomic E-state index is 14.8. The van der Waals surface area contributed by atoms with Crippen LogP contribution in [0.1, 0.15) is 29.5 Å². The Labute approximate surface area is 220 Å². The number of halogens is 6. The van der Waals surface area contributed by atoms with Crippen molar-refractivity contribution < 1.29 is 40.7 Å². The van der Waals surface area contributed by atoms with Crippen molar-refractivity contribution in [2.45, 2.75) is 43.4 Å². The lowest BCUT2D eigenvalue weighted by molar-refractivity contribution is -0.253. The summed E-state index contributed by atoms with van der Waals surface area (Å²) < 4.78 is 85.9. The Morgan fingerprint density at radius 1 is 0.949 bits per heavy atom. The van der Waals surface area contributed by atoms with Gasteiger partial charge in [-0.2, -0.15) is 17.6 Å². The van der Waals surface area contributed by atoms with Gasteiger partial charge in [0.1, 0.15) is 23.7 Å². The summed E-state index contributed by atoms with van der Waals surface area (Å²) in [6.45, 7) is 0. The second-order valence-electron chi connectivity index (χ2n) is 9.38. The maximum Gasteiger partial charge on any atom is 0.461 e. The smallest absolute Gasteiger partial charge is 0.428 e. The predicted molar refractivity (Wildman–Crippen MR) is 130 cm³/mol. The Kier molecular flexibility index (Phi) is 8.17. The Balaban J connectivity index is 1.83. The van der Waals surface area contributed by atoms with Crippen molar-refractivity contribution in [1.29, 1.82) is 0 Å². The summed E-state index contributed by atoms with van der Waals surface area (Å²) >= 11 is 0. The molecule has 11 heteroatoms. The minimum absolute atomic E-state index is 0.0668. The van der Waals surface area contributed by atoms with E-state index in [1.807, 2.05) is 0 Å². The number of aldehydes is 1. The molecule has 1 aliphatic carbocycles. The molecular weight excluding hydrogens is 526 g/mol. The third-order valence-electron chi connectivity index (χ3n) is 6.55. The van der Waals surface area contributed by atoms with Crippen LogP contribution in [-0.4, -0.2) is 30.9 Å². The van der Waals surface area contributed by atoms with E-state index in [1.165, 1.54) is 12.1 Å². The number of benzene rings is 3. The zero-order valence-corrected chi connectivity index (χ0v) is 20.4. The van der Waals surface area contributed by atoms with E-state index in [0.717, 1.165) is 30.6 Å². The number of urea groups is 1. The number of hydrogen-bond acceptors (Lipinski definition) is 3. The summed E-state index contributed by atoms with van der Waals surface area (Å²) in [5.74, 6) is -2.79. The number of rotatable bonds is 10. The Hall–Kier alpha value is -4.02. The predicted octanol–water partition coefficient (Wildman–Crippen LogP) is 5.96. The number of amides is 2. The number of carbonyl (C=O) groups excluding carboxylic acids is 2. The van der Waals surface area contributed by atoms with Crippen LogP contribution in [0.15, 0.2) is 72.8 Å². The molecule has 2 N–H and O–H groups in total. The molecule has 0 aromatic heterocycles. The van der Waals surface area contributed by atoms with Gasteiger partial charge in [0.25, 0.3) is 0 Å². The van der Waals surface area contributed by atoms with Gasteiger partial charge in [-0.25, -0.2) is 13.6 Å². The van der Waals surface area contributed by atoms with E-state index in [9.17, 15) is 35.9 Å². The van der Waals surface area contributed by atoms with Crippen LogP contribution < -0.4 is 15.4 Å². The Morgan fingerprint density at radius 3 is 2.23 bits per heavy atom. The van der Waals surface area contributed by atoms with E-state index in [1.54, 1.807) is 30.3 Å². The van der Waals surface area contributed by atoms with Gasteiger partial charge in [-0.15, -0.1) is 0 Å². The molecular formula is C28H24F6N2O3. The van der Waals surface area contributed by atoms with Gasteiger partial charge in [-0.1, -0.05) is 42.5 Å². The molecule has 4 rings (SSSR count). The van der Waals surface area contributed by atoms with Crippen LogP contribution in [0, 0.1) is 17.6 Å². The fourth-order valence-electron chi connectivity index (χ4n) is 4.57. The van der Waals surface area contributed by atoms with Crippen LogP contribution >= 0.6 is 0 Å². The van der Waals surface area contributed by atoms with Gasteiger partial charge in [0.05, 0.1) is 5.54 Å². The molecule has 1 saturated carbocycles. The highest BCUT2D eigenvalue weighted by Gasteiger charge is 2.45.